The van der Waals surface area contributed by atoms with Gasteiger partial charge in [0, 0.05) is 23.5 Å². The molecule has 3 aliphatic rings. The molecule has 28 heavy (non-hydrogen) atoms. The van der Waals surface area contributed by atoms with Crippen LogP contribution in [-0.2, 0) is 25.7 Å². The van der Waals surface area contributed by atoms with Crippen LogP contribution in [0.25, 0.3) is 0 Å². The molecular formula is C21H26N2O4S. The smallest absolute Gasteiger partial charge is 0.318 e. The number of ether oxygens (including phenoxy) is 1. The molecule has 2 aliphatic heterocycles. The van der Waals surface area contributed by atoms with E-state index in [1.54, 1.807) is 23.2 Å². The lowest BCUT2D eigenvalue weighted by Gasteiger charge is -2.39. The second-order valence-electron chi connectivity index (χ2n) is 7.70. The van der Waals surface area contributed by atoms with Gasteiger partial charge in [-0.25, -0.2) is 0 Å². The lowest BCUT2D eigenvalue weighted by atomic mass is 9.65. The van der Waals surface area contributed by atoms with Crippen LogP contribution in [0.2, 0.25) is 0 Å². The Bertz CT molecular complexity index is 812. The molecule has 7 heteroatoms. The Labute approximate surface area is 168 Å². The number of amides is 2. The Morgan fingerprint density at radius 3 is 2.93 bits per heavy atom. The maximum atomic E-state index is 13.3. The molecule has 0 bridgehead atoms. The van der Waals surface area contributed by atoms with Crippen LogP contribution >= 0.6 is 11.3 Å². The molecular weight excluding hydrogens is 376 g/mol. The van der Waals surface area contributed by atoms with Gasteiger partial charge in [-0.15, -0.1) is 11.3 Å². The first-order valence-electron chi connectivity index (χ1n) is 10.1. The third-order valence-corrected chi connectivity index (χ3v) is 7.04. The Balaban J connectivity index is 1.62. The molecule has 2 atom stereocenters. The van der Waals surface area contributed by atoms with Gasteiger partial charge in [0.1, 0.15) is 5.41 Å². The molecule has 0 radical (unpaired) electrons. The fourth-order valence-electron chi connectivity index (χ4n) is 5.05. The van der Waals surface area contributed by atoms with Gasteiger partial charge in [0.25, 0.3) is 0 Å². The number of thiophene rings is 1. The molecule has 1 aliphatic carbocycles. The molecule has 0 unspecified atom stereocenters. The fourth-order valence-corrected chi connectivity index (χ4v) is 5.69. The average molecular weight is 403 g/mol. The highest BCUT2D eigenvalue weighted by Crippen LogP contribution is 2.57. The second-order valence-corrected chi connectivity index (χ2v) is 8.74. The molecule has 1 aromatic heterocycles. The van der Waals surface area contributed by atoms with E-state index in [-0.39, 0.29) is 30.8 Å². The minimum Gasteiger partial charge on any atom is -0.465 e. The van der Waals surface area contributed by atoms with Gasteiger partial charge < -0.3 is 15.0 Å². The van der Waals surface area contributed by atoms with E-state index < -0.39 is 11.3 Å². The summed E-state index contributed by atoms with van der Waals surface area (Å²) in [6.45, 7) is 3.13. The number of hydrogen-bond donors (Lipinski definition) is 1. The average Bonchev–Trinajstić information content (AvgIpc) is 3.30. The Kier molecular flexibility index (Phi) is 5.27. The first-order valence-corrected chi connectivity index (χ1v) is 11.0. The van der Waals surface area contributed by atoms with Crippen LogP contribution in [0.5, 0.6) is 0 Å². The zero-order valence-electron chi connectivity index (χ0n) is 16.2. The van der Waals surface area contributed by atoms with E-state index in [1.165, 1.54) is 5.57 Å². The minimum atomic E-state index is -0.985. The quantitative estimate of drug-likeness (QED) is 0.742. The number of carbonyl (C=O) groups is 3. The summed E-state index contributed by atoms with van der Waals surface area (Å²) in [5.41, 5.74) is 1.09. The van der Waals surface area contributed by atoms with Crippen molar-refractivity contribution in [3.8, 4) is 0 Å². The third-order valence-electron chi connectivity index (χ3n) is 6.17. The van der Waals surface area contributed by atoms with Crippen molar-refractivity contribution in [1.29, 1.82) is 0 Å². The van der Waals surface area contributed by atoms with Crippen LogP contribution in [0.3, 0.4) is 0 Å². The third kappa shape index (κ3) is 3.05. The lowest BCUT2D eigenvalue weighted by Crippen LogP contribution is -2.44. The van der Waals surface area contributed by atoms with Gasteiger partial charge in [-0.3, -0.25) is 14.4 Å². The molecule has 1 N–H and O–H groups in total. The van der Waals surface area contributed by atoms with Crippen molar-refractivity contribution >= 4 is 29.1 Å². The van der Waals surface area contributed by atoms with Gasteiger partial charge in [-0.1, -0.05) is 6.07 Å². The van der Waals surface area contributed by atoms with Crippen molar-refractivity contribution in [3.05, 3.63) is 33.7 Å². The van der Waals surface area contributed by atoms with Crippen molar-refractivity contribution in [1.82, 2.24) is 10.2 Å². The van der Waals surface area contributed by atoms with Gasteiger partial charge >= 0.3 is 5.97 Å². The zero-order valence-corrected chi connectivity index (χ0v) is 17.0. The van der Waals surface area contributed by atoms with Crippen molar-refractivity contribution in [3.63, 3.8) is 0 Å². The van der Waals surface area contributed by atoms with Crippen LogP contribution in [0.15, 0.2) is 28.8 Å². The number of hydrogen-bond acceptors (Lipinski definition) is 5. The number of nitrogens with one attached hydrogen (secondary N) is 1. The molecule has 150 valence electrons. The summed E-state index contributed by atoms with van der Waals surface area (Å²) >= 11 is 1.58. The number of rotatable bonds is 6. The highest BCUT2D eigenvalue weighted by Gasteiger charge is 2.63. The monoisotopic (exact) mass is 402 g/mol. The molecule has 2 amide bonds. The molecule has 0 spiro atoms. The molecule has 1 saturated heterocycles. The standard InChI is InChI=1S/C21H26N2O4S/c1-2-27-20(26)21-9-3-6-14-7-4-10-23(18(14)21)19(25)16(21)12-17(24)22-13-15-8-5-11-28-15/h5,8,11,16H,2-4,6-7,9-10,12-13H2,1H3,(H,22,24)/t16-,21-/m1/s1. The number of allylic oxidation sites excluding steroid dienone is 1. The maximum Gasteiger partial charge on any atom is 0.318 e. The minimum absolute atomic E-state index is 0.0241. The molecule has 0 saturated carbocycles. The number of carbonyl (C=O) groups excluding carboxylic acids is 3. The summed E-state index contributed by atoms with van der Waals surface area (Å²) < 4.78 is 5.45. The normalized spacial score (nSPS) is 26.2. The van der Waals surface area contributed by atoms with E-state index in [0.717, 1.165) is 36.3 Å². The SMILES string of the molecule is CCOC(=O)[C@@]12CCCC3=C1N(CCC3)C(=O)[C@H]2CC(=O)NCc1cccs1. The van der Waals surface area contributed by atoms with Gasteiger partial charge in [0.05, 0.1) is 19.1 Å². The second kappa shape index (κ2) is 7.70. The Hall–Kier alpha value is -2.15. The van der Waals surface area contributed by atoms with Crippen molar-refractivity contribution in [2.75, 3.05) is 13.2 Å². The van der Waals surface area contributed by atoms with E-state index in [4.69, 9.17) is 4.74 Å². The molecule has 1 aromatic rings. The highest BCUT2D eigenvalue weighted by molar-refractivity contribution is 7.09. The van der Waals surface area contributed by atoms with Gasteiger partial charge in [0.2, 0.25) is 11.8 Å². The molecule has 0 aromatic carbocycles. The highest BCUT2D eigenvalue weighted by atomic mass is 32.1. The summed E-state index contributed by atoms with van der Waals surface area (Å²) in [7, 11) is 0. The number of esters is 1. The van der Waals surface area contributed by atoms with Crippen LogP contribution in [0, 0.1) is 11.3 Å². The van der Waals surface area contributed by atoms with Gasteiger partial charge in [-0.05, 0) is 56.0 Å². The topological polar surface area (TPSA) is 75.7 Å². The predicted octanol–water partition coefficient (Wildman–Crippen LogP) is 2.99. The van der Waals surface area contributed by atoms with Crippen LogP contribution in [-0.4, -0.2) is 35.8 Å². The largest absolute Gasteiger partial charge is 0.465 e. The van der Waals surface area contributed by atoms with E-state index in [1.807, 2.05) is 17.5 Å². The molecule has 6 nitrogen and oxygen atoms in total. The summed E-state index contributed by atoms with van der Waals surface area (Å²) in [6.07, 6.45) is 4.23. The van der Waals surface area contributed by atoms with E-state index in [2.05, 4.69) is 5.32 Å². The van der Waals surface area contributed by atoms with Crippen molar-refractivity contribution < 1.29 is 19.1 Å². The van der Waals surface area contributed by atoms with E-state index in [0.29, 0.717) is 19.5 Å². The summed E-state index contributed by atoms with van der Waals surface area (Å²) in [5, 5.41) is 4.87. The van der Waals surface area contributed by atoms with E-state index >= 15 is 0 Å². The van der Waals surface area contributed by atoms with Crippen molar-refractivity contribution in [2.24, 2.45) is 11.3 Å². The van der Waals surface area contributed by atoms with Gasteiger partial charge in [0.15, 0.2) is 0 Å². The summed E-state index contributed by atoms with van der Waals surface area (Å²) in [4.78, 5) is 41.9. The van der Waals surface area contributed by atoms with E-state index in [9.17, 15) is 14.4 Å². The lowest BCUT2D eigenvalue weighted by molar-refractivity contribution is -0.158. The predicted molar refractivity (Wildman–Crippen MR) is 105 cm³/mol. The first kappa shape index (κ1) is 19.2. The van der Waals surface area contributed by atoms with Crippen LogP contribution in [0.4, 0.5) is 0 Å². The first-order chi connectivity index (χ1) is 13.6. The van der Waals surface area contributed by atoms with Crippen molar-refractivity contribution in [2.45, 2.75) is 52.0 Å². The zero-order chi connectivity index (χ0) is 19.7. The number of nitrogens with zero attached hydrogens (tertiary/aromatic N) is 1. The summed E-state index contributed by atoms with van der Waals surface area (Å²) in [6, 6.07) is 3.90. The maximum absolute atomic E-state index is 13.3. The van der Waals surface area contributed by atoms with Crippen LogP contribution < -0.4 is 5.32 Å². The van der Waals surface area contributed by atoms with Gasteiger partial charge in [-0.2, -0.15) is 0 Å². The van der Waals surface area contributed by atoms with Crippen LogP contribution in [0.1, 0.15) is 50.3 Å². The Morgan fingerprint density at radius 2 is 2.18 bits per heavy atom. The molecule has 1 fully saturated rings. The molecule has 3 heterocycles. The summed E-state index contributed by atoms with van der Waals surface area (Å²) in [5.74, 6) is -1.29. The molecule has 4 rings (SSSR count). The Morgan fingerprint density at radius 1 is 1.36 bits per heavy atom. The fraction of sp³-hybridized carbons (Fsp3) is 0.571.